The summed E-state index contributed by atoms with van der Waals surface area (Å²) in [5.41, 5.74) is 2.44. The van der Waals surface area contributed by atoms with E-state index in [4.69, 9.17) is 4.74 Å². The van der Waals surface area contributed by atoms with Gasteiger partial charge in [0.15, 0.2) is 6.61 Å². The van der Waals surface area contributed by atoms with E-state index in [-0.39, 0.29) is 18.8 Å². The van der Waals surface area contributed by atoms with E-state index in [9.17, 15) is 14.0 Å². The zero-order valence-corrected chi connectivity index (χ0v) is 14.4. The number of nitrogens with zero attached hydrogens (tertiary/aromatic N) is 1. The molecule has 0 bridgehead atoms. The summed E-state index contributed by atoms with van der Waals surface area (Å²) < 4.78 is 17.8. The maximum Gasteiger partial charge on any atom is 0.310 e. The zero-order valence-electron chi connectivity index (χ0n) is 14.4. The second kappa shape index (κ2) is 8.47. The first-order chi connectivity index (χ1) is 12.6. The van der Waals surface area contributed by atoms with Gasteiger partial charge in [-0.1, -0.05) is 12.1 Å². The zero-order chi connectivity index (χ0) is 18.4. The Morgan fingerprint density at radius 1 is 1.00 bits per heavy atom. The number of benzene rings is 2. The van der Waals surface area contributed by atoms with Gasteiger partial charge in [0.2, 0.25) is 0 Å². The van der Waals surface area contributed by atoms with Crippen LogP contribution >= 0.6 is 0 Å². The predicted octanol–water partition coefficient (Wildman–Crippen LogP) is 3.15. The van der Waals surface area contributed by atoms with Crippen molar-refractivity contribution in [3.8, 4) is 0 Å². The van der Waals surface area contributed by atoms with Crippen LogP contribution in [0.5, 0.6) is 0 Å². The van der Waals surface area contributed by atoms with Gasteiger partial charge in [-0.25, -0.2) is 4.39 Å². The topological polar surface area (TPSA) is 58.6 Å². The summed E-state index contributed by atoms with van der Waals surface area (Å²) in [7, 11) is 0. The van der Waals surface area contributed by atoms with Crippen LogP contribution in [0.2, 0.25) is 0 Å². The smallest absolute Gasteiger partial charge is 0.310 e. The van der Waals surface area contributed by atoms with E-state index in [2.05, 4.69) is 10.2 Å². The highest BCUT2D eigenvalue weighted by Gasteiger charge is 2.13. The number of carbonyl (C=O) groups is 2. The lowest BCUT2D eigenvalue weighted by Gasteiger charge is -2.17. The summed E-state index contributed by atoms with van der Waals surface area (Å²) in [5, 5.41) is 2.70. The number of hydrogen-bond acceptors (Lipinski definition) is 4. The van der Waals surface area contributed by atoms with Crippen LogP contribution < -0.4 is 10.2 Å². The van der Waals surface area contributed by atoms with E-state index in [1.54, 1.807) is 0 Å². The number of amides is 1. The van der Waals surface area contributed by atoms with Crippen molar-refractivity contribution >= 4 is 23.3 Å². The first kappa shape index (κ1) is 17.9. The molecule has 2 aromatic carbocycles. The van der Waals surface area contributed by atoms with Gasteiger partial charge in [-0.3, -0.25) is 9.59 Å². The third kappa shape index (κ3) is 5.05. The van der Waals surface area contributed by atoms with Crippen LogP contribution in [0.3, 0.4) is 0 Å². The molecule has 0 spiro atoms. The first-order valence-corrected chi connectivity index (χ1v) is 8.65. The highest BCUT2D eigenvalue weighted by atomic mass is 19.1. The standard InChI is InChI=1S/C20H21FN2O3/c21-16-5-3-15(4-6-16)13-20(25)26-14-19(24)22-17-7-9-18(10-8-17)23-11-1-2-12-23/h3-10H,1-2,11-14H2,(H,22,24). The molecule has 1 saturated heterocycles. The Morgan fingerprint density at radius 3 is 2.31 bits per heavy atom. The predicted molar refractivity (Wildman–Crippen MR) is 97.6 cm³/mol. The van der Waals surface area contributed by atoms with E-state index in [0.29, 0.717) is 11.3 Å². The molecule has 3 rings (SSSR count). The average molecular weight is 356 g/mol. The molecular formula is C20H21FN2O3. The van der Waals surface area contributed by atoms with Crippen molar-refractivity contribution in [3.05, 3.63) is 59.9 Å². The molecule has 1 heterocycles. The van der Waals surface area contributed by atoms with Crippen molar-refractivity contribution in [2.45, 2.75) is 19.3 Å². The van der Waals surface area contributed by atoms with Gasteiger partial charge in [0.25, 0.3) is 5.91 Å². The lowest BCUT2D eigenvalue weighted by molar-refractivity contribution is -0.146. The third-order valence-electron chi connectivity index (χ3n) is 4.25. The molecule has 0 saturated carbocycles. The molecule has 6 heteroatoms. The largest absolute Gasteiger partial charge is 0.455 e. The fraction of sp³-hybridized carbons (Fsp3) is 0.300. The number of carbonyl (C=O) groups excluding carboxylic acids is 2. The van der Waals surface area contributed by atoms with Crippen LogP contribution in [0.25, 0.3) is 0 Å². The number of nitrogens with one attached hydrogen (secondary N) is 1. The Labute approximate surface area is 151 Å². The lowest BCUT2D eigenvalue weighted by atomic mass is 10.1. The first-order valence-electron chi connectivity index (χ1n) is 8.65. The average Bonchev–Trinajstić information content (AvgIpc) is 3.17. The van der Waals surface area contributed by atoms with Crippen LogP contribution in [0.1, 0.15) is 18.4 Å². The number of hydrogen-bond donors (Lipinski definition) is 1. The number of ether oxygens (including phenoxy) is 1. The van der Waals surface area contributed by atoms with Gasteiger partial charge in [-0.15, -0.1) is 0 Å². The van der Waals surface area contributed by atoms with Crippen molar-refractivity contribution in [1.29, 1.82) is 0 Å². The molecule has 1 fully saturated rings. The van der Waals surface area contributed by atoms with Gasteiger partial charge >= 0.3 is 5.97 Å². The number of rotatable bonds is 6. The molecule has 0 atom stereocenters. The SMILES string of the molecule is O=C(COC(=O)Cc1ccc(F)cc1)Nc1ccc(N2CCCC2)cc1. The Kier molecular flexibility index (Phi) is 5.84. The van der Waals surface area contributed by atoms with E-state index < -0.39 is 11.9 Å². The Bertz CT molecular complexity index is 754. The quantitative estimate of drug-likeness (QED) is 0.808. The molecule has 26 heavy (non-hydrogen) atoms. The molecule has 0 aliphatic carbocycles. The molecule has 5 nitrogen and oxygen atoms in total. The molecule has 0 radical (unpaired) electrons. The molecule has 1 amide bonds. The molecule has 1 N–H and O–H groups in total. The minimum atomic E-state index is -0.531. The van der Waals surface area contributed by atoms with Gasteiger partial charge in [-0.2, -0.15) is 0 Å². The molecule has 1 aliphatic rings. The maximum absolute atomic E-state index is 12.8. The Morgan fingerprint density at radius 2 is 1.65 bits per heavy atom. The number of halogens is 1. The van der Waals surface area contributed by atoms with Gasteiger partial charge in [0.1, 0.15) is 5.82 Å². The van der Waals surface area contributed by atoms with E-state index >= 15 is 0 Å². The molecule has 2 aromatic rings. The normalized spacial score (nSPS) is 13.5. The Balaban J connectivity index is 1.43. The van der Waals surface area contributed by atoms with E-state index in [1.165, 1.54) is 37.1 Å². The second-order valence-electron chi connectivity index (χ2n) is 6.25. The van der Waals surface area contributed by atoms with Crippen LogP contribution in [0, 0.1) is 5.82 Å². The van der Waals surface area contributed by atoms with Crippen LogP contribution in [-0.2, 0) is 20.7 Å². The van der Waals surface area contributed by atoms with Crippen molar-refractivity contribution in [1.82, 2.24) is 0 Å². The number of esters is 1. The molecular weight excluding hydrogens is 335 g/mol. The summed E-state index contributed by atoms with van der Waals surface area (Å²) in [4.78, 5) is 26.0. The van der Waals surface area contributed by atoms with Crippen LogP contribution in [0.15, 0.2) is 48.5 Å². The summed E-state index contributed by atoms with van der Waals surface area (Å²) in [6, 6.07) is 13.2. The second-order valence-corrected chi connectivity index (χ2v) is 6.25. The highest BCUT2D eigenvalue weighted by molar-refractivity contribution is 5.93. The van der Waals surface area contributed by atoms with Gasteiger partial charge in [0, 0.05) is 24.5 Å². The lowest BCUT2D eigenvalue weighted by Crippen LogP contribution is -2.22. The molecule has 0 unspecified atom stereocenters. The fourth-order valence-corrected chi connectivity index (χ4v) is 2.89. The minimum Gasteiger partial charge on any atom is -0.455 e. The van der Waals surface area contributed by atoms with Crippen molar-refractivity contribution in [3.63, 3.8) is 0 Å². The molecule has 0 aromatic heterocycles. The van der Waals surface area contributed by atoms with Crippen LogP contribution in [0.4, 0.5) is 15.8 Å². The summed E-state index contributed by atoms with van der Waals surface area (Å²) in [5.74, 6) is -1.29. The van der Waals surface area contributed by atoms with Gasteiger partial charge < -0.3 is 15.0 Å². The summed E-state index contributed by atoms with van der Waals surface area (Å²) in [6.07, 6.45) is 2.42. The summed E-state index contributed by atoms with van der Waals surface area (Å²) in [6.45, 7) is 1.78. The highest BCUT2D eigenvalue weighted by Crippen LogP contribution is 2.21. The third-order valence-corrected chi connectivity index (χ3v) is 4.25. The molecule has 1 aliphatic heterocycles. The van der Waals surface area contributed by atoms with Crippen LogP contribution in [-0.4, -0.2) is 31.6 Å². The minimum absolute atomic E-state index is 0.00189. The fourth-order valence-electron chi connectivity index (χ4n) is 2.89. The number of anilines is 2. The van der Waals surface area contributed by atoms with Crippen molar-refractivity contribution in [2.24, 2.45) is 0 Å². The van der Waals surface area contributed by atoms with Gasteiger partial charge in [-0.05, 0) is 54.8 Å². The summed E-state index contributed by atoms with van der Waals surface area (Å²) >= 11 is 0. The van der Waals surface area contributed by atoms with E-state index in [0.717, 1.165) is 18.8 Å². The van der Waals surface area contributed by atoms with Gasteiger partial charge in [0.05, 0.1) is 6.42 Å². The maximum atomic E-state index is 12.8. The van der Waals surface area contributed by atoms with E-state index in [1.807, 2.05) is 24.3 Å². The van der Waals surface area contributed by atoms with Crippen molar-refractivity contribution in [2.75, 3.05) is 29.9 Å². The Hall–Kier alpha value is -2.89. The molecule has 136 valence electrons. The van der Waals surface area contributed by atoms with Crippen molar-refractivity contribution < 1.29 is 18.7 Å². The monoisotopic (exact) mass is 356 g/mol.